The Balaban J connectivity index is 2.21. The van der Waals surface area contributed by atoms with Crippen molar-refractivity contribution < 1.29 is 9.94 Å². The van der Waals surface area contributed by atoms with Crippen molar-refractivity contribution in [3.63, 3.8) is 0 Å². The fraction of sp³-hybridized carbons (Fsp3) is 0.533. The van der Waals surface area contributed by atoms with Gasteiger partial charge in [-0.05, 0) is 37.3 Å². The van der Waals surface area contributed by atoms with Gasteiger partial charge in [0.15, 0.2) is 5.84 Å². The van der Waals surface area contributed by atoms with E-state index in [2.05, 4.69) is 10.1 Å². The number of para-hydroxylation sites is 1. The number of rotatable bonds is 4. The standard InChI is InChI=1S/C15H23N3O2/c1-11-5-3-7-13(15(16)17-19)14(11)18(2)9-12-6-4-8-20-10-12/h3,5,7,12,19H,4,6,8-10H2,1-2H3,(H2,16,17). The normalized spacial score (nSPS) is 19.9. The van der Waals surface area contributed by atoms with Gasteiger partial charge in [0.25, 0.3) is 0 Å². The fourth-order valence-electron chi connectivity index (χ4n) is 2.86. The first kappa shape index (κ1) is 14.7. The lowest BCUT2D eigenvalue weighted by atomic mass is 10.00. The number of anilines is 1. The van der Waals surface area contributed by atoms with Gasteiger partial charge in [0.2, 0.25) is 0 Å². The molecule has 1 saturated heterocycles. The van der Waals surface area contributed by atoms with Gasteiger partial charge in [0, 0.05) is 25.8 Å². The third kappa shape index (κ3) is 3.22. The molecule has 1 atom stereocenters. The van der Waals surface area contributed by atoms with Crippen LogP contribution >= 0.6 is 0 Å². The van der Waals surface area contributed by atoms with Crippen molar-refractivity contribution in [2.45, 2.75) is 19.8 Å². The van der Waals surface area contributed by atoms with E-state index in [1.165, 1.54) is 6.42 Å². The summed E-state index contributed by atoms with van der Waals surface area (Å²) in [6.07, 6.45) is 2.31. The van der Waals surface area contributed by atoms with Crippen LogP contribution in [0.5, 0.6) is 0 Å². The molecule has 1 fully saturated rings. The van der Waals surface area contributed by atoms with Gasteiger partial charge in [0.1, 0.15) is 0 Å². The van der Waals surface area contributed by atoms with Gasteiger partial charge in [-0.1, -0.05) is 17.3 Å². The van der Waals surface area contributed by atoms with E-state index in [1.807, 2.05) is 32.2 Å². The van der Waals surface area contributed by atoms with Crippen LogP contribution in [-0.2, 0) is 4.74 Å². The molecule has 1 unspecified atom stereocenters. The lowest BCUT2D eigenvalue weighted by Gasteiger charge is -2.30. The number of hydrogen-bond acceptors (Lipinski definition) is 4. The number of hydrogen-bond donors (Lipinski definition) is 2. The molecule has 3 N–H and O–H groups in total. The highest BCUT2D eigenvalue weighted by atomic mass is 16.5. The summed E-state index contributed by atoms with van der Waals surface area (Å²) in [7, 11) is 2.05. The third-order valence-corrected chi connectivity index (χ3v) is 3.79. The second kappa shape index (κ2) is 6.61. The van der Waals surface area contributed by atoms with Crippen LogP contribution in [0.1, 0.15) is 24.0 Å². The molecule has 0 radical (unpaired) electrons. The highest BCUT2D eigenvalue weighted by Crippen LogP contribution is 2.26. The smallest absolute Gasteiger partial charge is 0.172 e. The lowest BCUT2D eigenvalue weighted by molar-refractivity contribution is 0.0576. The predicted molar refractivity (Wildman–Crippen MR) is 80.5 cm³/mol. The highest BCUT2D eigenvalue weighted by Gasteiger charge is 2.19. The van der Waals surface area contributed by atoms with E-state index in [1.54, 1.807) is 0 Å². The molecule has 0 bridgehead atoms. The van der Waals surface area contributed by atoms with Crippen LogP contribution in [0.4, 0.5) is 5.69 Å². The molecule has 1 heterocycles. The number of amidine groups is 1. The van der Waals surface area contributed by atoms with Gasteiger partial charge in [-0.2, -0.15) is 0 Å². The second-order valence-electron chi connectivity index (χ2n) is 5.42. The van der Waals surface area contributed by atoms with Crippen molar-refractivity contribution >= 4 is 11.5 Å². The van der Waals surface area contributed by atoms with E-state index in [0.29, 0.717) is 5.92 Å². The molecule has 0 saturated carbocycles. The molecule has 5 heteroatoms. The highest BCUT2D eigenvalue weighted by molar-refractivity contribution is 6.02. The maximum Gasteiger partial charge on any atom is 0.172 e. The van der Waals surface area contributed by atoms with Gasteiger partial charge in [-0.15, -0.1) is 0 Å². The van der Waals surface area contributed by atoms with Crippen LogP contribution in [0.25, 0.3) is 0 Å². The largest absolute Gasteiger partial charge is 0.409 e. The number of aryl methyl sites for hydroxylation is 1. The molecular weight excluding hydrogens is 254 g/mol. The quantitative estimate of drug-likeness (QED) is 0.382. The Hall–Kier alpha value is -1.75. The Morgan fingerprint density at radius 3 is 3.00 bits per heavy atom. The van der Waals surface area contributed by atoms with E-state index in [9.17, 15) is 0 Å². The molecule has 1 aliphatic rings. The molecule has 5 nitrogen and oxygen atoms in total. The summed E-state index contributed by atoms with van der Waals surface area (Å²) in [4.78, 5) is 2.18. The van der Waals surface area contributed by atoms with E-state index in [-0.39, 0.29) is 5.84 Å². The summed E-state index contributed by atoms with van der Waals surface area (Å²) >= 11 is 0. The summed E-state index contributed by atoms with van der Waals surface area (Å²) in [5.41, 5.74) is 8.69. The molecule has 0 aliphatic carbocycles. The molecule has 20 heavy (non-hydrogen) atoms. The molecule has 0 aromatic heterocycles. The summed E-state index contributed by atoms with van der Waals surface area (Å²) < 4.78 is 5.53. The van der Waals surface area contributed by atoms with Gasteiger partial charge in [0.05, 0.1) is 12.3 Å². The van der Waals surface area contributed by atoms with Gasteiger partial charge < -0.3 is 20.6 Å². The average molecular weight is 277 g/mol. The zero-order valence-corrected chi connectivity index (χ0v) is 12.2. The van der Waals surface area contributed by atoms with E-state index in [4.69, 9.17) is 15.7 Å². The minimum Gasteiger partial charge on any atom is -0.409 e. The van der Waals surface area contributed by atoms with E-state index in [0.717, 1.165) is 43.0 Å². The van der Waals surface area contributed by atoms with Crippen LogP contribution in [-0.4, -0.2) is 37.8 Å². The Bertz CT molecular complexity index is 482. The summed E-state index contributed by atoms with van der Waals surface area (Å²) in [5.74, 6) is 0.684. The zero-order valence-electron chi connectivity index (χ0n) is 12.2. The number of nitrogens with zero attached hydrogens (tertiary/aromatic N) is 2. The second-order valence-corrected chi connectivity index (χ2v) is 5.42. The minimum absolute atomic E-state index is 0.149. The Morgan fingerprint density at radius 2 is 2.35 bits per heavy atom. The average Bonchev–Trinajstić information content (AvgIpc) is 2.47. The van der Waals surface area contributed by atoms with Gasteiger partial charge in [-0.3, -0.25) is 0 Å². The van der Waals surface area contributed by atoms with Gasteiger partial charge >= 0.3 is 0 Å². The van der Waals surface area contributed by atoms with Crippen molar-refractivity contribution in [3.8, 4) is 0 Å². The van der Waals surface area contributed by atoms with Crippen LogP contribution < -0.4 is 10.6 Å². The molecule has 1 aliphatic heterocycles. The van der Waals surface area contributed by atoms with Crippen LogP contribution in [0.15, 0.2) is 23.4 Å². The number of oxime groups is 1. The maximum atomic E-state index is 8.93. The predicted octanol–water partition coefficient (Wildman–Crippen LogP) is 1.95. The van der Waals surface area contributed by atoms with Crippen LogP contribution in [0.2, 0.25) is 0 Å². The van der Waals surface area contributed by atoms with Crippen LogP contribution in [0, 0.1) is 12.8 Å². The van der Waals surface area contributed by atoms with Crippen molar-refractivity contribution in [2.24, 2.45) is 16.8 Å². The molecule has 2 rings (SSSR count). The minimum atomic E-state index is 0.149. The summed E-state index contributed by atoms with van der Waals surface area (Å²) in [5, 5.41) is 12.1. The Labute approximate surface area is 120 Å². The number of ether oxygens (including phenoxy) is 1. The topological polar surface area (TPSA) is 71.1 Å². The Kier molecular flexibility index (Phi) is 4.84. The van der Waals surface area contributed by atoms with Crippen molar-refractivity contribution in [2.75, 3.05) is 31.7 Å². The lowest BCUT2D eigenvalue weighted by Crippen LogP contribution is -2.32. The van der Waals surface area contributed by atoms with Crippen molar-refractivity contribution in [1.82, 2.24) is 0 Å². The first-order valence-corrected chi connectivity index (χ1v) is 7.00. The molecule has 1 aromatic carbocycles. The van der Waals surface area contributed by atoms with Gasteiger partial charge in [-0.25, -0.2) is 0 Å². The van der Waals surface area contributed by atoms with E-state index < -0.39 is 0 Å². The maximum absolute atomic E-state index is 8.93. The first-order chi connectivity index (χ1) is 9.63. The zero-order chi connectivity index (χ0) is 14.5. The molecular formula is C15H23N3O2. The van der Waals surface area contributed by atoms with E-state index >= 15 is 0 Å². The SMILES string of the molecule is Cc1cccc(/C(N)=N/O)c1N(C)CC1CCCOC1. The van der Waals surface area contributed by atoms with Crippen LogP contribution in [0.3, 0.4) is 0 Å². The van der Waals surface area contributed by atoms with Crippen molar-refractivity contribution in [1.29, 1.82) is 0 Å². The molecule has 0 amide bonds. The molecule has 110 valence electrons. The molecule has 0 spiro atoms. The Morgan fingerprint density at radius 1 is 1.55 bits per heavy atom. The molecule has 1 aromatic rings. The summed E-state index contributed by atoms with van der Waals surface area (Å²) in [6.45, 7) is 4.64. The first-order valence-electron chi connectivity index (χ1n) is 7.00. The monoisotopic (exact) mass is 277 g/mol. The number of nitrogens with two attached hydrogens (primary N) is 1. The summed E-state index contributed by atoms with van der Waals surface area (Å²) in [6, 6.07) is 5.84. The third-order valence-electron chi connectivity index (χ3n) is 3.79. The fourth-order valence-corrected chi connectivity index (χ4v) is 2.86. The number of benzene rings is 1. The van der Waals surface area contributed by atoms with Crippen molar-refractivity contribution in [3.05, 3.63) is 29.3 Å².